The lowest BCUT2D eigenvalue weighted by Gasteiger charge is -2.28. The third-order valence-electron chi connectivity index (χ3n) is 3.02. The fourth-order valence-electron chi connectivity index (χ4n) is 1.70. The zero-order chi connectivity index (χ0) is 14.9. The molecular formula is C15H33N3O. The molecule has 0 spiro atoms. The van der Waals surface area contributed by atoms with E-state index in [4.69, 9.17) is 4.74 Å². The van der Waals surface area contributed by atoms with Gasteiger partial charge in [-0.2, -0.15) is 0 Å². The van der Waals surface area contributed by atoms with Crippen LogP contribution in [-0.4, -0.2) is 38.8 Å². The molecule has 1 unspecified atom stereocenters. The first-order valence-corrected chi connectivity index (χ1v) is 7.36. The minimum Gasteiger partial charge on any atom is -0.379 e. The fraction of sp³-hybridized carbons (Fsp3) is 0.933. The normalized spacial score (nSPS) is 14.6. The molecule has 19 heavy (non-hydrogen) atoms. The molecule has 4 nitrogen and oxygen atoms in total. The van der Waals surface area contributed by atoms with E-state index >= 15 is 0 Å². The minimum atomic E-state index is 0.105. The topological polar surface area (TPSA) is 45.7 Å². The number of hydrogen-bond acceptors (Lipinski definition) is 2. The average molecular weight is 271 g/mol. The maximum Gasteiger partial charge on any atom is 0.191 e. The van der Waals surface area contributed by atoms with Gasteiger partial charge in [0.15, 0.2) is 5.96 Å². The summed E-state index contributed by atoms with van der Waals surface area (Å²) >= 11 is 0. The number of nitrogens with zero attached hydrogens (tertiary/aromatic N) is 1. The molecule has 0 heterocycles. The van der Waals surface area contributed by atoms with E-state index in [9.17, 15) is 0 Å². The second-order valence-electron chi connectivity index (χ2n) is 6.42. The predicted molar refractivity (Wildman–Crippen MR) is 83.7 cm³/mol. The van der Waals surface area contributed by atoms with Gasteiger partial charge in [0.1, 0.15) is 0 Å². The molecule has 0 aliphatic rings. The van der Waals surface area contributed by atoms with Gasteiger partial charge in [0.25, 0.3) is 0 Å². The van der Waals surface area contributed by atoms with Crippen LogP contribution in [0.3, 0.4) is 0 Å². The number of aliphatic imine (C=N–C) groups is 1. The molecule has 4 heteroatoms. The molecule has 2 N–H and O–H groups in total. The van der Waals surface area contributed by atoms with Gasteiger partial charge in [0.05, 0.1) is 12.6 Å². The molecule has 0 rings (SSSR count). The Kier molecular flexibility index (Phi) is 8.81. The van der Waals surface area contributed by atoms with Crippen molar-refractivity contribution in [3.63, 3.8) is 0 Å². The van der Waals surface area contributed by atoms with E-state index in [-0.39, 0.29) is 11.5 Å². The van der Waals surface area contributed by atoms with Crippen molar-refractivity contribution >= 4 is 5.96 Å². The maximum atomic E-state index is 5.52. The molecule has 0 fully saturated rings. The Hall–Kier alpha value is -0.770. The van der Waals surface area contributed by atoms with Gasteiger partial charge in [0, 0.05) is 20.2 Å². The van der Waals surface area contributed by atoms with E-state index in [1.807, 2.05) is 0 Å². The highest BCUT2D eigenvalue weighted by Gasteiger charge is 2.23. The van der Waals surface area contributed by atoms with E-state index in [0.717, 1.165) is 25.5 Å². The zero-order valence-corrected chi connectivity index (χ0v) is 13.8. The molecule has 0 aromatic carbocycles. The van der Waals surface area contributed by atoms with E-state index < -0.39 is 0 Å². The molecule has 0 saturated carbocycles. The standard InChI is InChI=1S/C15H33N3O/c1-8-16-14(17-10-9-12(2)3)18-11-13(19-7)15(4,5)6/h12-13H,8-11H2,1-7H3,(H2,16,17,18). The largest absolute Gasteiger partial charge is 0.379 e. The van der Waals surface area contributed by atoms with Crippen molar-refractivity contribution in [2.75, 3.05) is 26.7 Å². The molecule has 0 saturated heterocycles. The third kappa shape index (κ3) is 8.87. The lowest BCUT2D eigenvalue weighted by Crippen LogP contribution is -2.40. The van der Waals surface area contributed by atoms with Crippen LogP contribution in [-0.2, 0) is 4.74 Å². The highest BCUT2D eigenvalue weighted by molar-refractivity contribution is 5.79. The summed E-state index contributed by atoms with van der Waals surface area (Å²) in [6.45, 7) is 15.6. The summed E-state index contributed by atoms with van der Waals surface area (Å²) in [5.41, 5.74) is 0.105. The highest BCUT2D eigenvalue weighted by atomic mass is 16.5. The Balaban J connectivity index is 4.38. The molecule has 0 aromatic heterocycles. The van der Waals surface area contributed by atoms with Gasteiger partial charge in [0.2, 0.25) is 0 Å². The average Bonchev–Trinajstić information content (AvgIpc) is 2.27. The lowest BCUT2D eigenvalue weighted by atomic mass is 9.89. The minimum absolute atomic E-state index is 0.105. The van der Waals surface area contributed by atoms with Crippen LogP contribution in [0.5, 0.6) is 0 Å². The van der Waals surface area contributed by atoms with Crippen molar-refractivity contribution in [1.82, 2.24) is 10.6 Å². The van der Waals surface area contributed by atoms with Crippen LogP contribution >= 0.6 is 0 Å². The first-order chi connectivity index (χ1) is 8.81. The fourth-order valence-corrected chi connectivity index (χ4v) is 1.70. The van der Waals surface area contributed by atoms with Crippen molar-refractivity contribution in [3.05, 3.63) is 0 Å². The van der Waals surface area contributed by atoms with Crippen molar-refractivity contribution < 1.29 is 4.74 Å². The van der Waals surface area contributed by atoms with Crippen LogP contribution in [0.15, 0.2) is 4.99 Å². The molecule has 0 amide bonds. The Morgan fingerprint density at radius 3 is 2.26 bits per heavy atom. The summed E-state index contributed by atoms with van der Waals surface area (Å²) in [5.74, 6) is 1.59. The van der Waals surface area contributed by atoms with E-state index in [1.54, 1.807) is 7.11 Å². The number of nitrogens with one attached hydrogen (secondary N) is 2. The second kappa shape index (κ2) is 9.18. The number of ether oxygens (including phenoxy) is 1. The molecule has 0 bridgehead atoms. The van der Waals surface area contributed by atoms with Crippen molar-refractivity contribution in [3.8, 4) is 0 Å². The Morgan fingerprint density at radius 1 is 1.21 bits per heavy atom. The Labute approximate surface area is 119 Å². The van der Waals surface area contributed by atoms with Gasteiger partial charge in [-0.05, 0) is 24.7 Å². The summed E-state index contributed by atoms with van der Waals surface area (Å²) in [6, 6.07) is 0. The van der Waals surface area contributed by atoms with Crippen LogP contribution in [0, 0.1) is 11.3 Å². The zero-order valence-electron chi connectivity index (χ0n) is 13.8. The molecule has 1 atom stereocenters. The first kappa shape index (κ1) is 18.2. The smallest absolute Gasteiger partial charge is 0.191 e. The van der Waals surface area contributed by atoms with E-state index in [0.29, 0.717) is 12.5 Å². The highest BCUT2D eigenvalue weighted by Crippen LogP contribution is 2.21. The molecule has 114 valence electrons. The molecule has 0 aliphatic heterocycles. The van der Waals surface area contributed by atoms with Crippen LogP contribution in [0.4, 0.5) is 0 Å². The van der Waals surface area contributed by atoms with E-state index in [2.05, 4.69) is 57.2 Å². The second-order valence-corrected chi connectivity index (χ2v) is 6.42. The number of rotatable bonds is 7. The Bertz CT molecular complexity index is 257. The van der Waals surface area contributed by atoms with Crippen LogP contribution in [0.1, 0.15) is 48.0 Å². The summed E-state index contributed by atoms with van der Waals surface area (Å²) in [6.07, 6.45) is 1.28. The van der Waals surface area contributed by atoms with E-state index in [1.165, 1.54) is 0 Å². The van der Waals surface area contributed by atoms with Gasteiger partial charge >= 0.3 is 0 Å². The maximum absolute atomic E-state index is 5.52. The van der Waals surface area contributed by atoms with Crippen molar-refractivity contribution in [2.45, 2.75) is 54.1 Å². The molecular weight excluding hydrogens is 238 g/mol. The summed E-state index contributed by atoms with van der Waals surface area (Å²) in [4.78, 5) is 4.62. The molecule has 0 radical (unpaired) electrons. The first-order valence-electron chi connectivity index (χ1n) is 7.36. The van der Waals surface area contributed by atoms with Crippen LogP contribution < -0.4 is 10.6 Å². The number of hydrogen-bond donors (Lipinski definition) is 2. The van der Waals surface area contributed by atoms with Gasteiger partial charge < -0.3 is 15.4 Å². The van der Waals surface area contributed by atoms with Crippen molar-refractivity contribution in [1.29, 1.82) is 0 Å². The summed E-state index contributed by atoms with van der Waals surface area (Å²) in [7, 11) is 1.75. The SMILES string of the molecule is CCNC(=NCC(OC)C(C)(C)C)NCCC(C)C. The number of guanidine groups is 1. The Morgan fingerprint density at radius 2 is 1.84 bits per heavy atom. The van der Waals surface area contributed by atoms with Crippen molar-refractivity contribution in [2.24, 2.45) is 16.3 Å². The summed E-state index contributed by atoms with van der Waals surface area (Å²) < 4.78 is 5.52. The molecule has 0 aromatic rings. The quantitative estimate of drug-likeness (QED) is 0.553. The van der Waals surface area contributed by atoms with Gasteiger partial charge in [-0.15, -0.1) is 0 Å². The monoisotopic (exact) mass is 271 g/mol. The van der Waals surface area contributed by atoms with Crippen LogP contribution in [0.25, 0.3) is 0 Å². The summed E-state index contributed by atoms with van der Waals surface area (Å²) in [5, 5.41) is 6.64. The van der Waals surface area contributed by atoms with Crippen LogP contribution in [0.2, 0.25) is 0 Å². The third-order valence-corrected chi connectivity index (χ3v) is 3.02. The van der Waals surface area contributed by atoms with Gasteiger partial charge in [-0.3, -0.25) is 4.99 Å². The lowest BCUT2D eigenvalue weighted by molar-refractivity contribution is 0.0241. The predicted octanol–water partition coefficient (Wildman–Crippen LogP) is 2.65. The van der Waals surface area contributed by atoms with Gasteiger partial charge in [-0.25, -0.2) is 0 Å². The molecule has 0 aliphatic carbocycles. The van der Waals surface area contributed by atoms with Gasteiger partial charge in [-0.1, -0.05) is 34.6 Å². The number of methoxy groups -OCH3 is 1.